The molecule has 0 aliphatic heterocycles. The predicted molar refractivity (Wildman–Crippen MR) is 63.5 cm³/mol. The lowest BCUT2D eigenvalue weighted by Gasteiger charge is -2.06. The lowest BCUT2D eigenvalue weighted by molar-refractivity contribution is 0.305. The van der Waals surface area contributed by atoms with Crippen LogP contribution in [-0.4, -0.2) is 9.78 Å². The molecule has 2 rings (SSSR count). The molecule has 0 amide bonds. The van der Waals surface area contributed by atoms with E-state index < -0.39 is 0 Å². The summed E-state index contributed by atoms with van der Waals surface area (Å²) in [5.41, 5.74) is 3.53. The first-order valence-corrected chi connectivity index (χ1v) is 5.32. The topological polar surface area (TPSA) is 27.1 Å². The molecule has 0 fully saturated rings. The Hall–Kier alpha value is -1.77. The molecule has 0 saturated carbocycles. The van der Waals surface area contributed by atoms with Gasteiger partial charge >= 0.3 is 0 Å². The lowest BCUT2D eigenvalue weighted by atomic mass is 10.1. The van der Waals surface area contributed by atoms with Crippen LogP contribution in [0.25, 0.3) is 0 Å². The number of benzene rings is 1. The zero-order valence-electron chi connectivity index (χ0n) is 9.90. The lowest BCUT2D eigenvalue weighted by Crippen LogP contribution is -1.95. The molecule has 1 aromatic heterocycles. The van der Waals surface area contributed by atoms with Crippen molar-refractivity contribution in [1.82, 2.24) is 9.78 Å². The van der Waals surface area contributed by atoms with Crippen LogP contribution in [0.1, 0.15) is 16.7 Å². The number of rotatable bonds is 3. The van der Waals surface area contributed by atoms with Crippen LogP contribution in [0.5, 0.6) is 5.75 Å². The van der Waals surface area contributed by atoms with E-state index in [1.54, 1.807) is 4.68 Å². The fraction of sp³-hybridized carbons (Fsp3) is 0.308. The number of aryl methyl sites for hydroxylation is 3. The largest absolute Gasteiger partial charge is 0.489 e. The van der Waals surface area contributed by atoms with Crippen molar-refractivity contribution in [3.8, 4) is 5.75 Å². The standard InChI is InChI=1S/C13H16N2O/c1-10-4-11(2)6-13(5-10)16-9-12-7-14-15(3)8-12/h4-8H,9H2,1-3H3. The minimum Gasteiger partial charge on any atom is -0.489 e. The molecule has 3 heteroatoms. The third kappa shape index (κ3) is 2.63. The van der Waals surface area contributed by atoms with Crippen LogP contribution in [-0.2, 0) is 13.7 Å². The normalized spacial score (nSPS) is 10.4. The highest BCUT2D eigenvalue weighted by Gasteiger charge is 1.99. The van der Waals surface area contributed by atoms with Crippen LogP contribution in [0, 0.1) is 13.8 Å². The third-order valence-corrected chi connectivity index (χ3v) is 2.36. The smallest absolute Gasteiger partial charge is 0.120 e. The van der Waals surface area contributed by atoms with Gasteiger partial charge in [0.2, 0.25) is 0 Å². The van der Waals surface area contributed by atoms with Crippen LogP contribution in [0.3, 0.4) is 0 Å². The van der Waals surface area contributed by atoms with Crippen molar-refractivity contribution in [2.45, 2.75) is 20.5 Å². The summed E-state index contributed by atoms with van der Waals surface area (Å²) in [5.74, 6) is 0.918. The van der Waals surface area contributed by atoms with E-state index in [1.165, 1.54) is 11.1 Å². The fourth-order valence-corrected chi connectivity index (χ4v) is 1.73. The van der Waals surface area contributed by atoms with Crippen molar-refractivity contribution in [2.24, 2.45) is 7.05 Å². The molecule has 0 N–H and O–H groups in total. The van der Waals surface area contributed by atoms with E-state index in [2.05, 4.69) is 25.0 Å². The molecule has 0 unspecified atom stereocenters. The number of hydrogen-bond donors (Lipinski definition) is 0. The van der Waals surface area contributed by atoms with Crippen molar-refractivity contribution in [3.63, 3.8) is 0 Å². The van der Waals surface area contributed by atoms with Crippen molar-refractivity contribution in [1.29, 1.82) is 0 Å². The summed E-state index contributed by atoms with van der Waals surface area (Å²) in [5, 5.41) is 4.10. The van der Waals surface area contributed by atoms with Gasteiger partial charge in [0.15, 0.2) is 0 Å². The maximum Gasteiger partial charge on any atom is 0.120 e. The second kappa shape index (κ2) is 4.39. The highest BCUT2D eigenvalue weighted by molar-refractivity contribution is 5.33. The van der Waals surface area contributed by atoms with Crippen LogP contribution in [0.2, 0.25) is 0 Å². The Morgan fingerprint density at radius 3 is 2.44 bits per heavy atom. The Morgan fingerprint density at radius 2 is 1.88 bits per heavy atom. The molecule has 0 saturated heterocycles. The second-order valence-electron chi connectivity index (χ2n) is 4.13. The molecule has 3 nitrogen and oxygen atoms in total. The summed E-state index contributed by atoms with van der Waals surface area (Å²) < 4.78 is 7.49. The van der Waals surface area contributed by atoms with Crippen LogP contribution >= 0.6 is 0 Å². The summed E-state index contributed by atoms with van der Waals surface area (Å²) in [6, 6.07) is 6.23. The number of nitrogens with zero attached hydrogens (tertiary/aromatic N) is 2. The summed E-state index contributed by atoms with van der Waals surface area (Å²) >= 11 is 0. The molecular formula is C13H16N2O. The first-order valence-electron chi connectivity index (χ1n) is 5.32. The average molecular weight is 216 g/mol. The van der Waals surface area contributed by atoms with Gasteiger partial charge in [-0.05, 0) is 37.1 Å². The summed E-state index contributed by atoms with van der Waals surface area (Å²) in [7, 11) is 1.90. The molecule has 0 bridgehead atoms. The molecule has 0 aliphatic carbocycles. The van der Waals surface area contributed by atoms with Gasteiger partial charge in [0, 0.05) is 18.8 Å². The maximum absolute atomic E-state index is 5.71. The molecular weight excluding hydrogens is 200 g/mol. The van der Waals surface area contributed by atoms with Gasteiger partial charge in [-0.25, -0.2) is 0 Å². The second-order valence-corrected chi connectivity index (χ2v) is 4.13. The van der Waals surface area contributed by atoms with Gasteiger partial charge < -0.3 is 4.74 Å². The first kappa shape index (κ1) is 10.7. The minimum absolute atomic E-state index is 0.566. The fourth-order valence-electron chi connectivity index (χ4n) is 1.73. The zero-order chi connectivity index (χ0) is 11.5. The van der Waals surface area contributed by atoms with Gasteiger partial charge in [0.25, 0.3) is 0 Å². The van der Waals surface area contributed by atoms with Crippen LogP contribution < -0.4 is 4.74 Å². The minimum atomic E-state index is 0.566. The zero-order valence-corrected chi connectivity index (χ0v) is 9.90. The van der Waals surface area contributed by atoms with E-state index in [0.29, 0.717) is 6.61 Å². The SMILES string of the molecule is Cc1cc(C)cc(OCc2cnn(C)c2)c1. The van der Waals surface area contributed by atoms with Crippen LogP contribution in [0.4, 0.5) is 0 Å². The highest BCUT2D eigenvalue weighted by Crippen LogP contribution is 2.17. The molecule has 16 heavy (non-hydrogen) atoms. The van der Waals surface area contributed by atoms with Gasteiger partial charge in [-0.2, -0.15) is 5.10 Å². The number of hydrogen-bond acceptors (Lipinski definition) is 2. The predicted octanol–water partition coefficient (Wildman–Crippen LogP) is 2.62. The average Bonchev–Trinajstić information content (AvgIpc) is 2.60. The highest BCUT2D eigenvalue weighted by atomic mass is 16.5. The van der Waals surface area contributed by atoms with Crippen molar-refractivity contribution >= 4 is 0 Å². The van der Waals surface area contributed by atoms with E-state index in [-0.39, 0.29) is 0 Å². The molecule has 0 spiro atoms. The van der Waals surface area contributed by atoms with Crippen molar-refractivity contribution in [2.75, 3.05) is 0 Å². The van der Waals surface area contributed by atoms with Gasteiger partial charge in [-0.3, -0.25) is 4.68 Å². The van der Waals surface area contributed by atoms with Gasteiger partial charge in [0.05, 0.1) is 6.20 Å². The Balaban J connectivity index is 2.04. The molecule has 0 atom stereocenters. The van der Waals surface area contributed by atoms with Gasteiger partial charge in [-0.15, -0.1) is 0 Å². The molecule has 1 aromatic carbocycles. The molecule has 2 aromatic rings. The maximum atomic E-state index is 5.71. The Morgan fingerprint density at radius 1 is 1.19 bits per heavy atom. The van der Waals surface area contributed by atoms with E-state index >= 15 is 0 Å². The Kier molecular flexibility index (Phi) is 2.95. The molecule has 84 valence electrons. The van der Waals surface area contributed by atoms with Gasteiger partial charge in [-0.1, -0.05) is 6.07 Å². The Labute approximate surface area is 95.7 Å². The van der Waals surface area contributed by atoms with Crippen molar-refractivity contribution < 1.29 is 4.74 Å². The summed E-state index contributed by atoms with van der Waals surface area (Å²) in [6.45, 7) is 4.71. The van der Waals surface area contributed by atoms with Gasteiger partial charge in [0.1, 0.15) is 12.4 Å². The number of ether oxygens (including phenoxy) is 1. The summed E-state index contributed by atoms with van der Waals surface area (Å²) in [4.78, 5) is 0. The third-order valence-electron chi connectivity index (χ3n) is 2.36. The molecule has 0 radical (unpaired) electrons. The monoisotopic (exact) mass is 216 g/mol. The Bertz CT molecular complexity index is 468. The molecule has 1 heterocycles. The van der Waals surface area contributed by atoms with E-state index in [0.717, 1.165) is 11.3 Å². The van der Waals surface area contributed by atoms with Crippen molar-refractivity contribution in [3.05, 3.63) is 47.3 Å². The number of aromatic nitrogens is 2. The quantitative estimate of drug-likeness (QED) is 0.788. The van der Waals surface area contributed by atoms with E-state index in [1.807, 2.05) is 31.6 Å². The van der Waals surface area contributed by atoms with E-state index in [4.69, 9.17) is 4.74 Å². The first-order chi connectivity index (χ1) is 7.63. The molecule has 0 aliphatic rings. The van der Waals surface area contributed by atoms with Crippen LogP contribution in [0.15, 0.2) is 30.6 Å². The summed E-state index contributed by atoms with van der Waals surface area (Å²) in [6.07, 6.45) is 3.78. The van der Waals surface area contributed by atoms with E-state index in [9.17, 15) is 0 Å².